The molecule has 0 radical (unpaired) electrons. The van der Waals surface area contributed by atoms with E-state index in [9.17, 15) is 52.2 Å². The highest BCUT2D eigenvalue weighted by molar-refractivity contribution is 7.80. The fourth-order valence-corrected chi connectivity index (χ4v) is 7.38. The number of carbonyl (C=O) groups is 7. The predicted molar refractivity (Wildman–Crippen MR) is 224 cm³/mol. The zero-order chi connectivity index (χ0) is 47.3. The summed E-state index contributed by atoms with van der Waals surface area (Å²) < 4.78 is 40.9. The first-order chi connectivity index (χ1) is 29.5. The lowest BCUT2D eigenvalue weighted by Gasteiger charge is -2.44. The van der Waals surface area contributed by atoms with Gasteiger partial charge in [0.2, 0.25) is 29.5 Å². The highest BCUT2D eigenvalue weighted by atomic mass is 32.3. The molecule has 10 atom stereocenters. The van der Waals surface area contributed by atoms with Crippen LogP contribution in [0.1, 0.15) is 72.3 Å². The molecule has 0 aromatic heterocycles. The molecule has 6 amide bonds. The van der Waals surface area contributed by atoms with Crippen LogP contribution >= 0.6 is 0 Å². The fourth-order valence-electron chi connectivity index (χ4n) is 7.08. The maximum Gasteiger partial charge on any atom is 0.397 e. The summed E-state index contributed by atoms with van der Waals surface area (Å²) >= 11 is 0. The lowest BCUT2D eigenvalue weighted by molar-refractivity contribution is -0.168. The summed E-state index contributed by atoms with van der Waals surface area (Å²) in [6.07, 6.45) is -5.41. The van der Waals surface area contributed by atoms with E-state index in [1.165, 1.54) is 14.0 Å². The van der Waals surface area contributed by atoms with E-state index in [-0.39, 0.29) is 44.6 Å². The van der Waals surface area contributed by atoms with Gasteiger partial charge >= 0.3 is 16.4 Å². The molecule has 2 heterocycles. The number of esters is 1. The number of guanidine groups is 1. The Balaban J connectivity index is 2.22. The Hall–Kier alpha value is -5.43. The van der Waals surface area contributed by atoms with Gasteiger partial charge in [0.05, 0.1) is 0 Å². The third-order valence-electron chi connectivity index (χ3n) is 10.9. The first-order valence-electron chi connectivity index (χ1n) is 20.5. The van der Waals surface area contributed by atoms with Gasteiger partial charge < -0.3 is 57.5 Å². The molecule has 352 valence electrons. The molecule has 3 rings (SSSR count). The fraction of sp³-hybridized carbons (Fsp3) is 0.641. The van der Waals surface area contributed by atoms with Crippen LogP contribution in [0.4, 0.5) is 0 Å². The zero-order valence-electron chi connectivity index (χ0n) is 36.1. The molecule has 2 aliphatic heterocycles. The zero-order valence-corrected chi connectivity index (χ0v) is 36.9. The summed E-state index contributed by atoms with van der Waals surface area (Å²) in [5, 5.41) is 31.6. The average molecular weight is 912 g/mol. The Morgan fingerprint density at radius 3 is 2.24 bits per heavy atom. The summed E-state index contributed by atoms with van der Waals surface area (Å²) in [5.41, 5.74) is 11.5. The number of ether oxygens (including phenoxy) is 1. The van der Waals surface area contributed by atoms with Gasteiger partial charge in [0.1, 0.15) is 55.2 Å². The largest absolute Gasteiger partial charge is 0.458 e. The van der Waals surface area contributed by atoms with Crippen LogP contribution in [0.5, 0.6) is 0 Å². The van der Waals surface area contributed by atoms with E-state index in [0.717, 1.165) is 9.80 Å². The highest BCUT2D eigenvalue weighted by Crippen LogP contribution is 2.28. The van der Waals surface area contributed by atoms with E-state index in [2.05, 4.69) is 30.4 Å². The minimum atomic E-state index is -5.11. The molecule has 2 fully saturated rings. The van der Waals surface area contributed by atoms with E-state index >= 15 is 0 Å². The molecule has 23 nitrogen and oxygen atoms in total. The topological polar surface area (TPSA) is 352 Å². The van der Waals surface area contributed by atoms with Crippen LogP contribution in [-0.2, 0) is 59.3 Å². The van der Waals surface area contributed by atoms with Crippen LogP contribution < -0.4 is 32.7 Å². The molecule has 2 saturated heterocycles. The molecule has 0 spiro atoms. The smallest absolute Gasteiger partial charge is 0.397 e. The van der Waals surface area contributed by atoms with Gasteiger partial charge in [-0.05, 0) is 50.0 Å². The Morgan fingerprint density at radius 2 is 1.65 bits per heavy atom. The van der Waals surface area contributed by atoms with Gasteiger partial charge in [-0.15, -0.1) is 0 Å². The first-order valence-corrected chi connectivity index (χ1v) is 21.9. The minimum Gasteiger partial charge on any atom is -0.458 e. The van der Waals surface area contributed by atoms with Gasteiger partial charge in [0.15, 0.2) is 12.1 Å². The molecular formula is C39H61N9O14S. The number of hydrogen-bond donors (Lipinski definition) is 9. The lowest BCUT2D eigenvalue weighted by Crippen LogP contribution is -2.66. The van der Waals surface area contributed by atoms with Crippen molar-refractivity contribution in [3.63, 3.8) is 0 Å². The Morgan fingerprint density at radius 1 is 1.00 bits per heavy atom. The number of hydrogen-bond acceptors (Lipinski definition) is 14. The summed E-state index contributed by atoms with van der Waals surface area (Å²) in [5.74, 6) is -8.48. The number of cyclic esters (lactones) is 1. The number of nitrogens with one attached hydrogen (secondary N) is 4. The minimum absolute atomic E-state index is 0.0156. The van der Waals surface area contributed by atoms with Gasteiger partial charge in [-0.3, -0.25) is 38.3 Å². The molecule has 0 saturated carbocycles. The van der Waals surface area contributed by atoms with Crippen molar-refractivity contribution in [2.45, 2.75) is 128 Å². The van der Waals surface area contributed by atoms with Crippen LogP contribution in [0.15, 0.2) is 35.3 Å². The second-order valence-electron chi connectivity index (χ2n) is 15.9. The number of carbonyl (C=O) groups excluding carboxylic acids is 7. The highest BCUT2D eigenvalue weighted by Gasteiger charge is 2.47. The number of rotatable bonds is 14. The average Bonchev–Trinajstić information content (AvgIpc) is 3.21. The predicted octanol–water partition coefficient (Wildman–Crippen LogP) is -2.81. The van der Waals surface area contributed by atoms with Gasteiger partial charge in [-0.25, -0.2) is 8.98 Å². The molecule has 1 aromatic rings. The van der Waals surface area contributed by atoms with Crippen molar-refractivity contribution in [2.75, 3.05) is 20.2 Å². The van der Waals surface area contributed by atoms with E-state index in [4.69, 9.17) is 20.8 Å². The van der Waals surface area contributed by atoms with E-state index < -0.39 is 125 Å². The number of aliphatic hydroxyl groups is 2. The van der Waals surface area contributed by atoms with Crippen LogP contribution in [0.3, 0.4) is 0 Å². The van der Waals surface area contributed by atoms with Gasteiger partial charge in [-0.1, -0.05) is 64.4 Å². The maximum atomic E-state index is 14.7. The van der Waals surface area contributed by atoms with Gasteiger partial charge in [-0.2, -0.15) is 8.42 Å². The number of amides is 6. The number of nitrogens with zero attached hydrogens (tertiary/aromatic N) is 3. The molecular weight excluding hydrogens is 851 g/mol. The van der Waals surface area contributed by atoms with Crippen molar-refractivity contribution >= 4 is 57.8 Å². The second-order valence-corrected chi connectivity index (χ2v) is 17.0. The molecule has 63 heavy (non-hydrogen) atoms. The summed E-state index contributed by atoms with van der Waals surface area (Å²) in [7, 11) is -3.75. The van der Waals surface area contributed by atoms with Crippen molar-refractivity contribution in [3.8, 4) is 0 Å². The number of fused-ring (bicyclic) bond motifs is 2. The number of piperidine rings is 1. The molecule has 10 unspecified atom stereocenters. The summed E-state index contributed by atoms with van der Waals surface area (Å²) in [6.45, 7) is 6.51. The van der Waals surface area contributed by atoms with Crippen molar-refractivity contribution in [3.05, 3.63) is 35.9 Å². The number of nitrogens with two attached hydrogens (primary N) is 2. The number of likely N-dealkylation sites (N-methyl/N-ethyl adjacent to an activating group) is 1. The van der Waals surface area contributed by atoms with Crippen LogP contribution in [-0.4, -0.2) is 155 Å². The standard InChI is InChI=1S/C39H61N9O14S/c1-7-21(4)31-37(56)47(6)26(18-23-12-9-8-10-13-23)33(52)45-29(20(2)3)38(57)62-22(5)30(46-34(53)27(49)19-61-63(58,59)60)35(54)43-24(14-11-17-42-39(40)41)32(51)44-25-15-16-28(50)48(31)36(25)55/h8-10,12-13,20-22,24-31,49-50H,7,11,14-19H2,1-6H3,(H,43,54)(H,44,51)(H,45,52)(H,46,53)(H4,40,41,42)(H,58,59,60). The molecule has 0 aliphatic carbocycles. The quantitative estimate of drug-likeness (QED) is 0.0299. The SMILES string of the molecule is CCC(C)C1C(=O)N(C)C(Cc2ccccc2)C(=O)NC(C(C)C)C(=O)OC(C)C(NC(=O)C(O)COS(=O)(=O)O)C(=O)NC(CCCN=C(N)N)C(=O)NC2CCC(O)N1C2=O. The third-order valence-corrected chi connectivity index (χ3v) is 11.3. The normalized spacial score (nSPS) is 26.8. The van der Waals surface area contributed by atoms with E-state index in [1.54, 1.807) is 58.0 Å². The summed E-state index contributed by atoms with van der Waals surface area (Å²) in [6, 6.07) is -0.175. The first kappa shape index (κ1) is 51.9. The maximum absolute atomic E-state index is 14.7. The summed E-state index contributed by atoms with van der Waals surface area (Å²) in [4.78, 5) is 105. The van der Waals surface area contributed by atoms with Crippen molar-refractivity contribution < 1.29 is 65.7 Å². The Bertz CT molecular complexity index is 1930. The molecule has 11 N–H and O–H groups in total. The van der Waals surface area contributed by atoms with Crippen molar-refractivity contribution in [2.24, 2.45) is 28.3 Å². The van der Waals surface area contributed by atoms with E-state index in [0.29, 0.717) is 12.0 Å². The van der Waals surface area contributed by atoms with Crippen LogP contribution in [0.25, 0.3) is 0 Å². The van der Waals surface area contributed by atoms with Gasteiger partial charge in [0, 0.05) is 20.0 Å². The lowest BCUT2D eigenvalue weighted by atomic mass is 9.91. The Labute approximate surface area is 366 Å². The third kappa shape index (κ3) is 14.8. The second kappa shape index (κ2) is 23.3. The van der Waals surface area contributed by atoms with Crippen molar-refractivity contribution in [1.82, 2.24) is 31.1 Å². The molecule has 24 heteroatoms. The van der Waals surface area contributed by atoms with Crippen molar-refractivity contribution in [1.29, 1.82) is 0 Å². The van der Waals surface area contributed by atoms with Crippen LogP contribution in [0.2, 0.25) is 0 Å². The number of aliphatic hydroxyl groups excluding tert-OH is 2. The Kier molecular flexibility index (Phi) is 19.2. The van der Waals surface area contributed by atoms with Crippen LogP contribution in [0, 0.1) is 11.8 Å². The molecule has 2 bridgehead atoms. The number of benzene rings is 1. The number of aliphatic imine (C=N–C) groups is 1. The molecule has 2 aliphatic rings. The van der Waals surface area contributed by atoms with E-state index in [1.807, 2.05) is 0 Å². The molecule has 1 aromatic carbocycles. The van der Waals surface area contributed by atoms with Gasteiger partial charge in [0.25, 0.3) is 5.91 Å². The monoisotopic (exact) mass is 911 g/mol.